The summed E-state index contributed by atoms with van der Waals surface area (Å²) in [5.41, 5.74) is 5.40. The van der Waals surface area contributed by atoms with Gasteiger partial charge in [0.05, 0.1) is 0 Å². The summed E-state index contributed by atoms with van der Waals surface area (Å²) < 4.78 is 133. The van der Waals surface area contributed by atoms with Crippen molar-refractivity contribution in [1.29, 1.82) is 0 Å². The van der Waals surface area contributed by atoms with Gasteiger partial charge in [-0.15, -0.1) is 0 Å². The third-order valence-corrected chi connectivity index (χ3v) is 4.00. The number of rotatable bonds is 4. The normalized spacial score (nSPS) is 12.0. The Morgan fingerprint density at radius 3 is 1.45 bits per heavy atom. The van der Waals surface area contributed by atoms with E-state index in [1.54, 1.807) is 0 Å². The van der Waals surface area contributed by atoms with Gasteiger partial charge in [-0.3, -0.25) is 0 Å². The van der Waals surface area contributed by atoms with E-state index < -0.39 is 69.6 Å². The highest BCUT2D eigenvalue weighted by Gasteiger charge is 2.47. The molecule has 0 unspecified atom stereocenters. The van der Waals surface area contributed by atoms with E-state index in [0.29, 0.717) is 12.1 Å². The second-order valence-corrected chi connectivity index (χ2v) is 6.58. The van der Waals surface area contributed by atoms with E-state index in [2.05, 4.69) is 4.74 Å². The Morgan fingerprint density at radius 1 is 0.576 bits per heavy atom. The number of benzene rings is 3. The summed E-state index contributed by atoms with van der Waals surface area (Å²) in [5.74, 6) is -9.48. The van der Waals surface area contributed by atoms with Crippen molar-refractivity contribution in [2.45, 2.75) is 12.4 Å². The molecule has 0 amide bonds. The third kappa shape index (κ3) is 5.35. The third-order valence-electron chi connectivity index (χ3n) is 4.00. The van der Waals surface area contributed by atoms with Gasteiger partial charge in [0.25, 0.3) is 0 Å². The molecule has 0 saturated carbocycles. The number of halogens is 9. The molecule has 0 bridgehead atoms. The van der Waals surface area contributed by atoms with Crippen molar-refractivity contribution < 1.29 is 49.0 Å². The lowest BCUT2D eigenvalue weighted by atomic mass is 10.0. The fourth-order valence-corrected chi connectivity index (χ4v) is 2.85. The van der Waals surface area contributed by atoms with Crippen molar-refractivity contribution in [3.8, 4) is 23.0 Å². The molecule has 176 valence electrons. The van der Waals surface area contributed by atoms with Crippen LogP contribution in [0.2, 0.25) is 0 Å². The number of hydrogen-bond acceptors (Lipinski definition) is 4. The lowest BCUT2D eigenvalue weighted by Gasteiger charge is -2.22. The van der Waals surface area contributed by atoms with Crippen LogP contribution in [0.25, 0.3) is 0 Å². The first-order valence-corrected chi connectivity index (χ1v) is 8.64. The minimum atomic E-state index is -5.67. The van der Waals surface area contributed by atoms with E-state index in [9.17, 15) is 39.5 Å². The van der Waals surface area contributed by atoms with E-state index >= 15 is 0 Å². The molecule has 0 spiro atoms. The van der Waals surface area contributed by atoms with Gasteiger partial charge in [0.2, 0.25) is 0 Å². The second kappa shape index (κ2) is 8.30. The van der Waals surface area contributed by atoms with Crippen molar-refractivity contribution in [2.24, 2.45) is 0 Å². The molecular formula is C20H11F9N2O2. The smallest absolute Gasteiger partial charge is 0.423 e. The number of alkyl halides is 6. The molecule has 3 aromatic carbocycles. The molecule has 0 heterocycles. The molecule has 0 atom stereocenters. The minimum absolute atomic E-state index is 0.181. The van der Waals surface area contributed by atoms with Gasteiger partial charge in [-0.2, -0.15) is 26.3 Å². The Balaban J connectivity index is 2.31. The van der Waals surface area contributed by atoms with Crippen molar-refractivity contribution in [3.05, 3.63) is 71.0 Å². The average molecular weight is 482 g/mol. The maximum atomic E-state index is 14.5. The lowest BCUT2D eigenvalue weighted by molar-refractivity contribution is -0.147. The predicted molar refractivity (Wildman–Crippen MR) is 98.2 cm³/mol. The molecule has 4 N–H and O–H groups in total. The molecule has 33 heavy (non-hydrogen) atoms. The molecule has 3 rings (SSSR count). The first kappa shape index (κ1) is 23.9. The summed E-state index contributed by atoms with van der Waals surface area (Å²) >= 11 is 0. The summed E-state index contributed by atoms with van der Waals surface area (Å²) in [6.45, 7) is 0. The van der Waals surface area contributed by atoms with Crippen molar-refractivity contribution in [3.63, 3.8) is 0 Å². The average Bonchev–Trinajstić information content (AvgIpc) is 2.56. The largest absolute Gasteiger partial charge is 0.456 e. The second-order valence-electron chi connectivity index (χ2n) is 6.58. The molecule has 0 aliphatic carbocycles. The zero-order valence-corrected chi connectivity index (χ0v) is 15.9. The van der Waals surface area contributed by atoms with Crippen LogP contribution in [0.3, 0.4) is 0 Å². The SMILES string of the molecule is Nc1cc(F)cc(Oc2cc(F)c(C(F)(F)F)c(Oc3cc(N)cc(F)c3)c2C(F)(F)F)c1. The van der Waals surface area contributed by atoms with Crippen LogP contribution in [0.4, 0.5) is 50.9 Å². The Bertz CT molecular complexity index is 1170. The van der Waals surface area contributed by atoms with Gasteiger partial charge >= 0.3 is 12.4 Å². The minimum Gasteiger partial charge on any atom is -0.456 e. The molecule has 0 aliphatic rings. The molecule has 0 saturated heterocycles. The molecule has 0 aliphatic heterocycles. The number of hydrogen-bond donors (Lipinski definition) is 2. The predicted octanol–water partition coefficient (Wildman–Crippen LogP) is 6.89. The summed E-state index contributed by atoms with van der Waals surface area (Å²) in [5, 5.41) is 0. The Labute approximate surface area is 179 Å². The highest BCUT2D eigenvalue weighted by atomic mass is 19.4. The Hall–Kier alpha value is -3.77. The van der Waals surface area contributed by atoms with E-state index in [1.807, 2.05) is 0 Å². The van der Waals surface area contributed by atoms with Crippen molar-refractivity contribution in [2.75, 3.05) is 11.5 Å². The zero-order valence-electron chi connectivity index (χ0n) is 15.9. The fourth-order valence-electron chi connectivity index (χ4n) is 2.85. The Kier molecular flexibility index (Phi) is 6.00. The van der Waals surface area contributed by atoms with Gasteiger partial charge in [0.1, 0.15) is 45.8 Å². The number of nitrogen functional groups attached to an aromatic ring is 2. The summed E-state index contributed by atoms with van der Waals surface area (Å²) in [6, 6.07) is 3.91. The summed E-state index contributed by atoms with van der Waals surface area (Å²) in [7, 11) is 0. The maximum absolute atomic E-state index is 14.5. The highest BCUT2D eigenvalue weighted by molar-refractivity contribution is 5.57. The van der Waals surface area contributed by atoms with Crippen LogP contribution in [0.1, 0.15) is 11.1 Å². The first-order valence-electron chi connectivity index (χ1n) is 8.64. The quantitative estimate of drug-likeness (QED) is 0.314. The van der Waals surface area contributed by atoms with E-state index in [1.165, 1.54) is 0 Å². The van der Waals surface area contributed by atoms with Crippen LogP contribution in [-0.2, 0) is 12.4 Å². The number of anilines is 2. The molecule has 0 fully saturated rings. The van der Waals surface area contributed by atoms with Crippen LogP contribution < -0.4 is 20.9 Å². The molecule has 3 aromatic rings. The highest BCUT2D eigenvalue weighted by Crippen LogP contribution is 2.52. The van der Waals surface area contributed by atoms with E-state index in [0.717, 1.165) is 24.3 Å². The molecular weight excluding hydrogens is 471 g/mol. The van der Waals surface area contributed by atoms with E-state index in [4.69, 9.17) is 16.2 Å². The Morgan fingerprint density at radius 2 is 1.03 bits per heavy atom. The molecule has 0 aromatic heterocycles. The zero-order chi connectivity index (χ0) is 24.7. The van der Waals surface area contributed by atoms with Crippen molar-refractivity contribution >= 4 is 11.4 Å². The molecule has 4 nitrogen and oxygen atoms in total. The number of nitrogens with two attached hydrogens (primary N) is 2. The molecule has 13 heteroatoms. The summed E-state index contributed by atoms with van der Waals surface area (Å²) in [4.78, 5) is 0. The van der Waals surface area contributed by atoms with Crippen molar-refractivity contribution in [1.82, 2.24) is 0 Å². The van der Waals surface area contributed by atoms with E-state index in [-0.39, 0.29) is 11.8 Å². The van der Waals surface area contributed by atoms with Gasteiger partial charge in [0.15, 0.2) is 5.75 Å². The first-order chi connectivity index (χ1) is 15.1. The van der Waals surface area contributed by atoms with Gasteiger partial charge in [-0.25, -0.2) is 13.2 Å². The monoisotopic (exact) mass is 482 g/mol. The van der Waals surface area contributed by atoms with Crippen LogP contribution in [0.15, 0.2) is 42.5 Å². The number of ether oxygens (including phenoxy) is 2. The maximum Gasteiger partial charge on any atom is 0.423 e. The summed E-state index contributed by atoms with van der Waals surface area (Å²) in [6.07, 6.45) is -11.3. The van der Waals surface area contributed by atoms with Crippen LogP contribution in [0.5, 0.6) is 23.0 Å². The standard InChI is InChI=1S/C20H11F9N2O2/c21-8-1-10(30)5-12(3-8)32-15-7-14(23)16(19(24,25)26)18(17(15)20(27,28)29)33-13-4-9(22)2-11(31)6-13/h1-7H,30-31H2. The van der Waals surface area contributed by atoms with Gasteiger partial charge in [-0.05, 0) is 12.1 Å². The van der Waals surface area contributed by atoms with Gasteiger partial charge < -0.3 is 20.9 Å². The van der Waals surface area contributed by atoms with Crippen LogP contribution in [0, 0.1) is 17.5 Å². The fraction of sp³-hybridized carbons (Fsp3) is 0.100. The molecule has 0 radical (unpaired) electrons. The lowest BCUT2D eigenvalue weighted by Crippen LogP contribution is -2.17. The topological polar surface area (TPSA) is 70.5 Å². The van der Waals surface area contributed by atoms with Gasteiger partial charge in [-0.1, -0.05) is 0 Å². The van der Waals surface area contributed by atoms with Crippen LogP contribution in [-0.4, -0.2) is 0 Å². The van der Waals surface area contributed by atoms with Gasteiger partial charge in [0, 0.05) is 41.7 Å². The van der Waals surface area contributed by atoms with Crippen LogP contribution >= 0.6 is 0 Å².